The van der Waals surface area contributed by atoms with E-state index < -0.39 is 11.7 Å². The molecule has 1 aromatic heterocycles. The third-order valence-corrected chi connectivity index (χ3v) is 4.80. The third kappa shape index (κ3) is 4.25. The first kappa shape index (κ1) is 19.0. The topological polar surface area (TPSA) is 59.8 Å². The van der Waals surface area contributed by atoms with E-state index in [2.05, 4.69) is 31.3 Å². The largest absolute Gasteiger partial charge is 0.319 e. The van der Waals surface area contributed by atoms with Crippen LogP contribution in [0.4, 0.5) is 10.1 Å². The molecule has 0 aliphatic heterocycles. The summed E-state index contributed by atoms with van der Waals surface area (Å²) < 4.78 is 16.0. The lowest BCUT2D eigenvalue weighted by molar-refractivity contribution is 0.101. The monoisotopic (exact) mass is 450 g/mol. The average molecular weight is 451 g/mol. The second-order valence-electron chi connectivity index (χ2n) is 6.48. The molecule has 1 N–H and O–H groups in total. The Labute approximate surface area is 175 Å². The van der Waals surface area contributed by atoms with E-state index in [9.17, 15) is 9.18 Å². The van der Waals surface area contributed by atoms with Crippen molar-refractivity contribution in [2.75, 3.05) is 5.32 Å². The van der Waals surface area contributed by atoms with Gasteiger partial charge in [0.05, 0.1) is 5.69 Å². The van der Waals surface area contributed by atoms with E-state index >= 15 is 0 Å². The second kappa shape index (κ2) is 7.97. The summed E-state index contributed by atoms with van der Waals surface area (Å²) in [6, 6.07) is 21.0. The first-order valence-corrected chi connectivity index (χ1v) is 9.66. The predicted molar refractivity (Wildman–Crippen MR) is 114 cm³/mol. The molecule has 4 aromatic rings. The minimum Gasteiger partial charge on any atom is -0.319 e. The molecule has 0 bridgehead atoms. The van der Waals surface area contributed by atoms with Crippen molar-refractivity contribution in [2.45, 2.75) is 6.92 Å². The van der Waals surface area contributed by atoms with Gasteiger partial charge in [-0.3, -0.25) is 4.79 Å². The van der Waals surface area contributed by atoms with Crippen LogP contribution in [-0.2, 0) is 0 Å². The predicted octanol–water partition coefficient (Wildman–Crippen LogP) is 5.40. The van der Waals surface area contributed by atoms with Crippen LogP contribution >= 0.6 is 15.9 Å². The summed E-state index contributed by atoms with van der Waals surface area (Å²) in [5, 5.41) is 7.05. The number of anilines is 1. The minimum atomic E-state index is -0.514. The SMILES string of the molecule is Cc1ccc(-n2nc(C(=O)Nc3cccc(F)c3)nc2-c2ccc(Br)cc2)cc1. The maximum atomic E-state index is 13.4. The van der Waals surface area contributed by atoms with Crippen molar-refractivity contribution in [3.63, 3.8) is 0 Å². The highest BCUT2D eigenvalue weighted by molar-refractivity contribution is 9.10. The van der Waals surface area contributed by atoms with Crippen molar-refractivity contribution in [2.24, 2.45) is 0 Å². The smallest absolute Gasteiger partial charge is 0.295 e. The minimum absolute atomic E-state index is 0.00671. The van der Waals surface area contributed by atoms with Gasteiger partial charge in [-0.25, -0.2) is 14.1 Å². The highest BCUT2D eigenvalue weighted by Crippen LogP contribution is 2.24. The number of nitrogens with one attached hydrogen (secondary N) is 1. The molecule has 29 heavy (non-hydrogen) atoms. The summed E-state index contributed by atoms with van der Waals surface area (Å²) >= 11 is 3.42. The standard InChI is InChI=1S/C22H16BrFN4O/c1-14-5-11-19(12-6-14)28-21(15-7-9-16(23)10-8-15)26-20(27-28)22(29)25-18-4-2-3-17(24)13-18/h2-13H,1H3,(H,25,29). The summed E-state index contributed by atoms with van der Waals surface area (Å²) in [5.41, 5.74) is 3.05. The second-order valence-corrected chi connectivity index (χ2v) is 7.39. The molecule has 4 rings (SSSR count). The van der Waals surface area contributed by atoms with Gasteiger partial charge in [-0.2, -0.15) is 0 Å². The fourth-order valence-electron chi connectivity index (χ4n) is 2.81. The summed E-state index contributed by atoms with van der Waals surface area (Å²) in [6.07, 6.45) is 0. The molecule has 0 atom stereocenters. The Morgan fingerprint density at radius 1 is 1.03 bits per heavy atom. The Balaban J connectivity index is 1.75. The molecule has 3 aromatic carbocycles. The summed E-state index contributed by atoms with van der Waals surface area (Å²) in [6.45, 7) is 2.00. The van der Waals surface area contributed by atoms with Crippen molar-refractivity contribution in [1.82, 2.24) is 14.8 Å². The van der Waals surface area contributed by atoms with Crippen LogP contribution in [0, 0.1) is 12.7 Å². The number of benzene rings is 3. The molecule has 1 heterocycles. The zero-order valence-electron chi connectivity index (χ0n) is 15.4. The molecule has 144 valence electrons. The van der Waals surface area contributed by atoms with Gasteiger partial charge in [-0.15, -0.1) is 5.10 Å². The van der Waals surface area contributed by atoms with Crippen molar-refractivity contribution in [3.8, 4) is 17.1 Å². The van der Waals surface area contributed by atoms with Gasteiger partial charge < -0.3 is 5.32 Å². The number of amides is 1. The molecule has 0 fully saturated rings. The molecule has 7 heteroatoms. The number of aromatic nitrogens is 3. The molecule has 5 nitrogen and oxygen atoms in total. The van der Waals surface area contributed by atoms with Gasteiger partial charge in [0.2, 0.25) is 5.82 Å². The van der Waals surface area contributed by atoms with Crippen LogP contribution in [0.3, 0.4) is 0 Å². The number of rotatable bonds is 4. The van der Waals surface area contributed by atoms with Gasteiger partial charge in [0.25, 0.3) is 5.91 Å². The fourth-order valence-corrected chi connectivity index (χ4v) is 3.08. The van der Waals surface area contributed by atoms with Gasteiger partial charge in [-0.05, 0) is 49.4 Å². The summed E-state index contributed by atoms with van der Waals surface area (Å²) in [5.74, 6) is -0.421. The Kier molecular flexibility index (Phi) is 5.22. The quantitative estimate of drug-likeness (QED) is 0.452. The zero-order chi connectivity index (χ0) is 20.4. The first-order valence-electron chi connectivity index (χ1n) is 8.86. The lowest BCUT2D eigenvalue weighted by Gasteiger charge is -2.06. The molecule has 0 saturated heterocycles. The lowest BCUT2D eigenvalue weighted by atomic mass is 10.2. The maximum absolute atomic E-state index is 13.4. The number of carbonyl (C=O) groups excluding carboxylic acids is 1. The van der Waals surface area contributed by atoms with E-state index in [-0.39, 0.29) is 5.82 Å². The van der Waals surface area contributed by atoms with Crippen molar-refractivity contribution in [1.29, 1.82) is 0 Å². The highest BCUT2D eigenvalue weighted by atomic mass is 79.9. The summed E-state index contributed by atoms with van der Waals surface area (Å²) in [7, 11) is 0. The number of aryl methyl sites for hydroxylation is 1. The van der Waals surface area contributed by atoms with Crippen LogP contribution in [0.1, 0.15) is 16.2 Å². The van der Waals surface area contributed by atoms with E-state index in [1.165, 1.54) is 18.2 Å². The molecule has 0 aliphatic rings. The summed E-state index contributed by atoms with van der Waals surface area (Å²) in [4.78, 5) is 17.1. The molecule has 1 amide bonds. The Morgan fingerprint density at radius 3 is 2.45 bits per heavy atom. The van der Waals surface area contributed by atoms with Crippen LogP contribution < -0.4 is 5.32 Å². The Morgan fingerprint density at radius 2 is 1.76 bits per heavy atom. The van der Waals surface area contributed by atoms with Crippen LogP contribution in [0.5, 0.6) is 0 Å². The molecule has 0 aliphatic carbocycles. The van der Waals surface area contributed by atoms with E-state index in [1.54, 1.807) is 10.7 Å². The van der Waals surface area contributed by atoms with Gasteiger partial charge in [0.15, 0.2) is 5.82 Å². The number of hydrogen-bond acceptors (Lipinski definition) is 3. The van der Waals surface area contributed by atoms with Gasteiger partial charge in [-0.1, -0.05) is 51.8 Å². The van der Waals surface area contributed by atoms with Crippen LogP contribution in [0.15, 0.2) is 77.3 Å². The normalized spacial score (nSPS) is 10.7. The van der Waals surface area contributed by atoms with Crippen LogP contribution in [0.25, 0.3) is 17.1 Å². The van der Waals surface area contributed by atoms with Crippen molar-refractivity contribution in [3.05, 3.63) is 94.5 Å². The van der Waals surface area contributed by atoms with Gasteiger partial charge in [0.1, 0.15) is 5.82 Å². The fraction of sp³-hybridized carbons (Fsp3) is 0.0455. The van der Waals surface area contributed by atoms with E-state index in [1.807, 2.05) is 55.5 Å². The number of halogens is 2. The van der Waals surface area contributed by atoms with E-state index in [0.717, 1.165) is 21.3 Å². The van der Waals surface area contributed by atoms with Crippen molar-refractivity contribution < 1.29 is 9.18 Å². The number of hydrogen-bond donors (Lipinski definition) is 1. The van der Waals surface area contributed by atoms with Gasteiger partial charge in [0, 0.05) is 15.7 Å². The van der Waals surface area contributed by atoms with Crippen molar-refractivity contribution >= 4 is 27.5 Å². The van der Waals surface area contributed by atoms with E-state index in [4.69, 9.17) is 0 Å². The molecular weight excluding hydrogens is 435 g/mol. The molecule has 0 spiro atoms. The molecule has 0 radical (unpaired) electrons. The first-order chi connectivity index (χ1) is 14.0. The van der Waals surface area contributed by atoms with Gasteiger partial charge >= 0.3 is 0 Å². The highest BCUT2D eigenvalue weighted by Gasteiger charge is 2.19. The molecule has 0 saturated carbocycles. The Hall–Kier alpha value is -3.32. The van der Waals surface area contributed by atoms with E-state index in [0.29, 0.717) is 11.5 Å². The maximum Gasteiger partial charge on any atom is 0.295 e. The van der Waals surface area contributed by atoms with Crippen LogP contribution in [0.2, 0.25) is 0 Å². The molecular formula is C22H16BrFN4O. The zero-order valence-corrected chi connectivity index (χ0v) is 17.0. The Bertz CT molecular complexity index is 1110. The average Bonchev–Trinajstić information content (AvgIpc) is 3.15. The third-order valence-electron chi connectivity index (χ3n) is 4.27. The molecule has 0 unspecified atom stereocenters. The number of nitrogens with zero attached hydrogens (tertiary/aromatic N) is 3. The van der Waals surface area contributed by atoms with Crippen LogP contribution in [-0.4, -0.2) is 20.7 Å². The lowest BCUT2D eigenvalue weighted by Crippen LogP contribution is -2.14. The number of carbonyl (C=O) groups is 1.